The van der Waals surface area contributed by atoms with Gasteiger partial charge in [0.15, 0.2) is 0 Å². The minimum atomic E-state index is -0.377. The third-order valence-electron chi connectivity index (χ3n) is 2.57. The van der Waals surface area contributed by atoms with E-state index in [1.54, 1.807) is 0 Å². The van der Waals surface area contributed by atoms with Crippen LogP contribution in [0.2, 0.25) is 0 Å². The van der Waals surface area contributed by atoms with Crippen LogP contribution in [0.4, 0.5) is 0 Å². The third kappa shape index (κ3) is 4.03. The van der Waals surface area contributed by atoms with Crippen LogP contribution in [0, 0.1) is 6.92 Å². The Balaban J connectivity index is 2.33. The minimum absolute atomic E-state index is 0.0600. The van der Waals surface area contributed by atoms with Crippen LogP contribution in [0.1, 0.15) is 24.5 Å². The maximum absolute atomic E-state index is 11.4. The molecule has 1 atom stereocenters. The highest BCUT2D eigenvalue weighted by molar-refractivity contribution is 5.81. The Hall–Kier alpha value is -1.35. The molecule has 0 aliphatic rings. The minimum Gasteiger partial charge on any atom is -0.354 e. The predicted octanol–water partition coefficient (Wildman–Crippen LogP) is 1.39. The summed E-state index contributed by atoms with van der Waals surface area (Å²) in [7, 11) is 0. The van der Waals surface area contributed by atoms with Crippen LogP contribution in [0.15, 0.2) is 24.3 Å². The fourth-order valence-electron chi connectivity index (χ4n) is 1.51. The first-order valence-corrected chi connectivity index (χ1v) is 5.72. The van der Waals surface area contributed by atoms with Crippen LogP contribution < -0.4 is 11.1 Å². The summed E-state index contributed by atoms with van der Waals surface area (Å²) < 4.78 is 0. The van der Waals surface area contributed by atoms with E-state index in [1.165, 1.54) is 11.1 Å². The maximum atomic E-state index is 11.4. The highest BCUT2D eigenvalue weighted by Gasteiger charge is 2.09. The van der Waals surface area contributed by atoms with Crippen LogP contribution in [-0.2, 0) is 11.2 Å². The molecule has 16 heavy (non-hydrogen) atoms. The highest BCUT2D eigenvalue weighted by atomic mass is 16.2. The van der Waals surface area contributed by atoms with Gasteiger partial charge in [0.05, 0.1) is 6.04 Å². The number of hydrogen-bond donors (Lipinski definition) is 2. The summed E-state index contributed by atoms with van der Waals surface area (Å²) in [5.41, 5.74) is 8.09. The van der Waals surface area contributed by atoms with Crippen LogP contribution in [0.3, 0.4) is 0 Å². The zero-order chi connectivity index (χ0) is 12.0. The summed E-state index contributed by atoms with van der Waals surface area (Å²) in [6.45, 7) is 4.62. The van der Waals surface area contributed by atoms with Crippen molar-refractivity contribution in [2.24, 2.45) is 5.73 Å². The maximum Gasteiger partial charge on any atom is 0.236 e. The van der Waals surface area contributed by atoms with E-state index in [0.717, 1.165) is 6.42 Å². The second-order valence-corrected chi connectivity index (χ2v) is 4.04. The number of benzene rings is 1. The van der Waals surface area contributed by atoms with E-state index in [2.05, 4.69) is 30.4 Å². The zero-order valence-corrected chi connectivity index (χ0v) is 9.99. The number of nitrogens with two attached hydrogens (primary N) is 1. The van der Waals surface area contributed by atoms with Gasteiger partial charge in [0.1, 0.15) is 0 Å². The van der Waals surface area contributed by atoms with Gasteiger partial charge in [-0.3, -0.25) is 4.79 Å². The molecular weight excluding hydrogens is 200 g/mol. The Morgan fingerprint density at radius 1 is 1.50 bits per heavy atom. The molecule has 0 heterocycles. The van der Waals surface area contributed by atoms with Crippen molar-refractivity contribution in [3.8, 4) is 0 Å². The number of carbonyl (C=O) groups is 1. The van der Waals surface area contributed by atoms with Crippen LogP contribution in [0.5, 0.6) is 0 Å². The Bertz CT molecular complexity index is 350. The first-order chi connectivity index (χ1) is 7.63. The van der Waals surface area contributed by atoms with Gasteiger partial charge in [-0.25, -0.2) is 0 Å². The molecule has 1 rings (SSSR count). The quantitative estimate of drug-likeness (QED) is 0.788. The van der Waals surface area contributed by atoms with Crippen molar-refractivity contribution in [3.63, 3.8) is 0 Å². The number of hydrogen-bond acceptors (Lipinski definition) is 2. The predicted molar refractivity (Wildman–Crippen MR) is 66.2 cm³/mol. The van der Waals surface area contributed by atoms with Crippen molar-refractivity contribution in [2.75, 3.05) is 6.54 Å². The lowest BCUT2D eigenvalue weighted by Gasteiger charge is -2.10. The molecule has 3 nitrogen and oxygen atoms in total. The van der Waals surface area contributed by atoms with Crippen molar-refractivity contribution in [1.29, 1.82) is 0 Å². The lowest BCUT2D eigenvalue weighted by molar-refractivity contribution is -0.122. The van der Waals surface area contributed by atoms with Crippen LogP contribution in [0.25, 0.3) is 0 Å². The summed E-state index contributed by atoms with van der Waals surface area (Å²) in [5.74, 6) is -0.0600. The largest absolute Gasteiger partial charge is 0.354 e. The average molecular weight is 220 g/mol. The van der Waals surface area contributed by atoms with Crippen molar-refractivity contribution < 1.29 is 4.79 Å². The Kier molecular flexibility index (Phi) is 4.99. The number of rotatable bonds is 5. The first-order valence-electron chi connectivity index (χ1n) is 5.72. The first kappa shape index (κ1) is 12.7. The summed E-state index contributed by atoms with van der Waals surface area (Å²) in [4.78, 5) is 11.4. The molecule has 1 aromatic carbocycles. The molecule has 0 bridgehead atoms. The second kappa shape index (κ2) is 6.28. The lowest BCUT2D eigenvalue weighted by Crippen LogP contribution is -2.40. The van der Waals surface area contributed by atoms with Crippen LogP contribution >= 0.6 is 0 Å². The smallest absolute Gasteiger partial charge is 0.236 e. The lowest BCUT2D eigenvalue weighted by atomic mass is 10.1. The molecule has 1 aromatic rings. The number of carbonyl (C=O) groups excluding carboxylic acids is 1. The SMILES string of the molecule is CCC(N)C(=O)NCCc1cccc(C)c1. The molecule has 0 aromatic heterocycles. The molecule has 3 N–H and O–H groups in total. The molecule has 3 heteroatoms. The Morgan fingerprint density at radius 3 is 2.88 bits per heavy atom. The van der Waals surface area contributed by atoms with Gasteiger partial charge >= 0.3 is 0 Å². The molecule has 1 amide bonds. The number of aryl methyl sites for hydroxylation is 1. The van der Waals surface area contributed by atoms with Gasteiger partial charge in [0.25, 0.3) is 0 Å². The molecule has 0 radical (unpaired) electrons. The van der Waals surface area contributed by atoms with Gasteiger partial charge in [-0.1, -0.05) is 36.8 Å². The molecule has 0 spiro atoms. The van der Waals surface area contributed by atoms with E-state index < -0.39 is 0 Å². The zero-order valence-electron chi connectivity index (χ0n) is 9.99. The van der Waals surface area contributed by atoms with Crippen molar-refractivity contribution in [1.82, 2.24) is 5.32 Å². The second-order valence-electron chi connectivity index (χ2n) is 4.04. The molecule has 0 aliphatic heterocycles. The summed E-state index contributed by atoms with van der Waals surface area (Å²) in [6.07, 6.45) is 1.53. The van der Waals surface area contributed by atoms with Crippen molar-refractivity contribution in [3.05, 3.63) is 35.4 Å². The van der Waals surface area contributed by atoms with Gasteiger partial charge in [-0.05, 0) is 25.3 Å². The summed E-state index contributed by atoms with van der Waals surface area (Å²) >= 11 is 0. The van der Waals surface area contributed by atoms with Crippen LogP contribution in [-0.4, -0.2) is 18.5 Å². The monoisotopic (exact) mass is 220 g/mol. The highest BCUT2D eigenvalue weighted by Crippen LogP contribution is 2.03. The van der Waals surface area contributed by atoms with Gasteiger partial charge < -0.3 is 11.1 Å². The van der Waals surface area contributed by atoms with E-state index >= 15 is 0 Å². The third-order valence-corrected chi connectivity index (χ3v) is 2.57. The fourth-order valence-corrected chi connectivity index (χ4v) is 1.51. The number of nitrogens with one attached hydrogen (secondary N) is 1. The topological polar surface area (TPSA) is 55.1 Å². The van der Waals surface area contributed by atoms with Gasteiger partial charge in [0, 0.05) is 6.54 Å². The van der Waals surface area contributed by atoms with E-state index in [1.807, 2.05) is 13.0 Å². The van der Waals surface area contributed by atoms with Gasteiger partial charge in [-0.2, -0.15) is 0 Å². The molecule has 0 aliphatic carbocycles. The number of amides is 1. The average Bonchev–Trinajstić information content (AvgIpc) is 2.28. The van der Waals surface area contributed by atoms with Crippen molar-refractivity contribution in [2.45, 2.75) is 32.7 Å². The van der Waals surface area contributed by atoms with Gasteiger partial charge in [0.2, 0.25) is 5.91 Å². The molecule has 88 valence electrons. The van der Waals surface area contributed by atoms with E-state index in [9.17, 15) is 4.79 Å². The van der Waals surface area contributed by atoms with E-state index in [4.69, 9.17) is 5.73 Å². The normalized spacial score (nSPS) is 12.2. The summed E-state index contributed by atoms with van der Waals surface area (Å²) in [5, 5.41) is 2.84. The molecule has 0 saturated heterocycles. The van der Waals surface area contributed by atoms with Gasteiger partial charge in [-0.15, -0.1) is 0 Å². The van der Waals surface area contributed by atoms with E-state index in [0.29, 0.717) is 13.0 Å². The fraction of sp³-hybridized carbons (Fsp3) is 0.462. The molecule has 0 fully saturated rings. The standard InChI is InChI=1S/C13H20N2O/c1-3-12(14)13(16)15-8-7-11-6-4-5-10(2)9-11/h4-6,9,12H,3,7-8,14H2,1-2H3,(H,15,16). The molecule has 0 saturated carbocycles. The van der Waals surface area contributed by atoms with E-state index in [-0.39, 0.29) is 11.9 Å². The molecule has 1 unspecified atom stereocenters. The Morgan fingerprint density at radius 2 is 2.25 bits per heavy atom. The summed E-state index contributed by atoms with van der Waals surface area (Å²) in [6, 6.07) is 7.92. The Labute approximate surface area is 97.0 Å². The molecular formula is C13H20N2O. The van der Waals surface area contributed by atoms with Crippen molar-refractivity contribution >= 4 is 5.91 Å².